The van der Waals surface area contributed by atoms with Crippen molar-refractivity contribution in [2.24, 2.45) is 5.73 Å². The van der Waals surface area contributed by atoms with Crippen LogP contribution in [-0.2, 0) is 31.1 Å². The minimum Gasteiger partial charge on any atom is -0.368 e. The van der Waals surface area contributed by atoms with Gasteiger partial charge in [0.25, 0.3) is 0 Å². The Kier molecular flexibility index (Phi) is 8.87. The smallest absolute Gasteiger partial charge is 0.244 e. The lowest BCUT2D eigenvalue weighted by atomic mass is 10.0. The Labute approximate surface area is 233 Å². The summed E-state index contributed by atoms with van der Waals surface area (Å²) in [6, 6.07) is 27.7. The van der Waals surface area contributed by atoms with Crippen molar-refractivity contribution in [3.8, 4) is 0 Å². The summed E-state index contributed by atoms with van der Waals surface area (Å²) in [5.74, 6) is -1.52. The number of halogens is 1. The maximum atomic E-state index is 14.3. The van der Waals surface area contributed by atoms with Gasteiger partial charge in [-0.1, -0.05) is 90.5 Å². The van der Waals surface area contributed by atoms with Crippen LogP contribution >= 0.6 is 11.6 Å². The highest BCUT2D eigenvalue weighted by Gasteiger charge is 2.43. The van der Waals surface area contributed by atoms with Gasteiger partial charge in [-0.2, -0.15) is 4.31 Å². The Morgan fingerprint density at radius 2 is 1.23 bits per heavy atom. The average Bonchev–Trinajstić information content (AvgIpc) is 2.92. The van der Waals surface area contributed by atoms with E-state index >= 15 is 0 Å². The van der Waals surface area contributed by atoms with Crippen LogP contribution in [0.4, 0.5) is 0 Å². The van der Waals surface area contributed by atoms with Crippen LogP contribution in [0.25, 0.3) is 0 Å². The molecule has 1 unspecified atom stereocenters. The summed E-state index contributed by atoms with van der Waals surface area (Å²) in [5.41, 5.74) is 6.87. The lowest BCUT2D eigenvalue weighted by Gasteiger charge is -2.36. The van der Waals surface area contributed by atoms with Gasteiger partial charge in [0.15, 0.2) is 9.84 Å². The molecule has 0 aliphatic heterocycles. The van der Waals surface area contributed by atoms with Crippen molar-refractivity contribution in [1.29, 1.82) is 0 Å². The van der Waals surface area contributed by atoms with Gasteiger partial charge in [0.1, 0.15) is 6.04 Å². The van der Waals surface area contributed by atoms with E-state index in [-0.39, 0.29) is 16.2 Å². The van der Waals surface area contributed by atoms with Crippen molar-refractivity contribution in [1.82, 2.24) is 4.31 Å². The Morgan fingerprint density at radius 3 is 1.77 bits per heavy atom. The Balaban J connectivity index is 1.94. The molecule has 0 aliphatic carbocycles. The molecule has 2 atom stereocenters. The van der Waals surface area contributed by atoms with E-state index in [2.05, 4.69) is 0 Å². The van der Waals surface area contributed by atoms with E-state index in [1.54, 1.807) is 78.9 Å². The van der Waals surface area contributed by atoms with Crippen LogP contribution in [-0.4, -0.2) is 38.8 Å². The standard InChI is InChI=1S/C29H27ClN2O5S2/c30-24-16-18-27(19-17-24)39(36,37)32(28(29(31)33)23-12-6-2-7-13-23)25(20-22-10-4-1-5-11-22)21-38(34,35)26-14-8-3-9-15-26/h1-19,25,28H,20-21H2,(H2,31,33)/t25?,28-/m1/s1. The van der Waals surface area contributed by atoms with Gasteiger partial charge in [-0.05, 0) is 53.9 Å². The number of carbonyl (C=O) groups excluding carboxylic acids is 1. The van der Waals surface area contributed by atoms with Crippen LogP contribution < -0.4 is 5.73 Å². The number of hydrogen-bond acceptors (Lipinski definition) is 5. The summed E-state index contributed by atoms with van der Waals surface area (Å²) in [4.78, 5) is 12.9. The van der Waals surface area contributed by atoms with Gasteiger partial charge in [-0.15, -0.1) is 0 Å². The molecule has 0 heterocycles. The summed E-state index contributed by atoms with van der Waals surface area (Å²) in [6.07, 6.45) is 0.0103. The molecule has 0 fully saturated rings. The van der Waals surface area contributed by atoms with Crippen LogP contribution in [0.2, 0.25) is 5.02 Å². The van der Waals surface area contributed by atoms with Crippen molar-refractivity contribution in [2.75, 3.05) is 5.75 Å². The molecular weight excluding hydrogens is 556 g/mol. The fraction of sp³-hybridized carbons (Fsp3) is 0.138. The third kappa shape index (κ3) is 6.75. The molecule has 2 N–H and O–H groups in total. The molecule has 4 aromatic rings. The number of nitrogens with zero attached hydrogens (tertiary/aromatic N) is 1. The highest BCUT2D eigenvalue weighted by Crippen LogP contribution is 2.33. The zero-order valence-electron chi connectivity index (χ0n) is 20.8. The van der Waals surface area contributed by atoms with Gasteiger partial charge >= 0.3 is 0 Å². The van der Waals surface area contributed by atoms with Crippen LogP contribution in [0, 0.1) is 0 Å². The maximum absolute atomic E-state index is 14.3. The number of amides is 1. The molecule has 4 rings (SSSR count). The van der Waals surface area contributed by atoms with Crippen molar-refractivity contribution in [3.05, 3.63) is 131 Å². The third-order valence-corrected chi connectivity index (χ3v) is 10.2. The van der Waals surface area contributed by atoms with E-state index in [4.69, 9.17) is 17.3 Å². The molecule has 0 spiro atoms. The highest BCUT2D eigenvalue weighted by atomic mass is 35.5. The van der Waals surface area contributed by atoms with Crippen molar-refractivity contribution in [3.63, 3.8) is 0 Å². The van der Waals surface area contributed by atoms with Gasteiger partial charge in [0.05, 0.1) is 15.5 Å². The summed E-state index contributed by atoms with van der Waals surface area (Å²) in [7, 11) is -8.47. The minimum atomic E-state index is -4.47. The molecule has 4 aromatic carbocycles. The number of sulfonamides is 1. The lowest BCUT2D eigenvalue weighted by molar-refractivity contribution is -0.122. The van der Waals surface area contributed by atoms with Gasteiger partial charge in [0, 0.05) is 11.1 Å². The number of carbonyl (C=O) groups is 1. The quantitative estimate of drug-likeness (QED) is 0.277. The van der Waals surface area contributed by atoms with Crippen LogP contribution in [0.1, 0.15) is 17.2 Å². The molecule has 0 saturated heterocycles. The predicted octanol–water partition coefficient (Wildman–Crippen LogP) is 4.64. The first-order valence-corrected chi connectivity index (χ1v) is 15.5. The van der Waals surface area contributed by atoms with Crippen molar-refractivity contribution in [2.45, 2.75) is 28.3 Å². The number of sulfone groups is 1. The van der Waals surface area contributed by atoms with Crippen molar-refractivity contribution < 1.29 is 21.6 Å². The van der Waals surface area contributed by atoms with E-state index < -0.39 is 43.6 Å². The van der Waals surface area contributed by atoms with Gasteiger partial charge in [0.2, 0.25) is 15.9 Å². The van der Waals surface area contributed by atoms with Gasteiger partial charge in [-0.25, -0.2) is 16.8 Å². The summed E-state index contributed by atoms with van der Waals surface area (Å²) >= 11 is 6.01. The molecule has 1 amide bonds. The molecule has 202 valence electrons. The van der Waals surface area contributed by atoms with Gasteiger partial charge < -0.3 is 5.73 Å². The first-order valence-electron chi connectivity index (χ1n) is 12.0. The molecule has 0 bridgehead atoms. The second kappa shape index (κ2) is 12.1. The van der Waals surface area contributed by atoms with Gasteiger partial charge in [-0.3, -0.25) is 4.79 Å². The topological polar surface area (TPSA) is 115 Å². The Morgan fingerprint density at radius 1 is 0.718 bits per heavy atom. The molecule has 7 nitrogen and oxygen atoms in total. The fourth-order valence-corrected chi connectivity index (χ4v) is 7.97. The zero-order chi connectivity index (χ0) is 28.0. The second-order valence-corrected chi connectivity index (χ2v) is 13.3. The minimum absolute atomic E-state index is 0.0103. The number of hydrogen-bond donors (Lipinski definition) is 1. The van der Waals surface area contributed by atoms with E-state index in [0.717, 1.165) is 4.31 Å². The maximum Gasteiger partial charge on any atom is 0.244 e. The molecule has 0 saturated carbocycles. The van der Waals surface area contributed by atoms with Crippen LogP contribution in [0.5, 0.6) is 0 Å². The second-order valence-electron chi connectivity index (χ2n) is 8.94. The number of nitrogens with two attached hydrogens (primary N) is 1. The summed E-state index contributed by atoms with van der Waals surface area (Å²) in [6.45, 7) is 0. The molecular formula is C29H27ClN2O5S2. The Hall–Kier alpha value is -3.50. The molecule has 0 radical (unpaired) electrons. The summed E-state index contributed by atoms with van der Waals surface area (Å²) < 4.78 is 56.8. The van der Waals surface area contributed by atoms with E-state index in [0.29, 0.717) is 16.1 Å². The van der Waals surface area contributed by atoms with Crippen LogP contribution in [0.15, 0.2) is 125 Å². The number of rotatable bonds is 11. The number of benzene rings is 4. The highest BCUT2D eigenvalue weighted by molar-refractivity contribution is 7.91. The van der Waals surface area contributed by atoms with Crippen LogP contribution in [0.3, 0.4) is 0 Å². The monoisotopic (exact) mass is 582 g/mol. The summed E-state index contributed by atoms with van der Waals surface area (Å²) in [5, 5.41) is 0.322. The molecule has 0 aliphatic rings. The van der Waals surface area contributed by atoms with E-state index in [9.17, 15) is 21.6 Å². The Bertz CT molecular complexity index is 1620. The number of primary amides is 1. The average molecular weight is 583 g/mol. The molecule has 39 heavy (non-hydrogen) atoms. The normalized spacial score (nSPS) is 13.6. The molecule has 0 aromatic heterocycles. The first-order chi connectivity index (χ1) is 18.6. The van der Waals surface area contributed by atoms with E-state index in [1.807, 2.05) is 0 Å². The first kappa shape index (κ1) is 28.5. The molecule has 10 heteroatoms. The lowest BCUT2D eigenvalue weighted by Crippen LogP contribution is -2.50. The predicted molar refractivity (Wildman–Crippen MR) is 151 cm³/mol. The fourth-order valence-electron chi connectivity index (χ4n) is 4.43. The largest absolute Gasteiger partial charge is 0.368 e. The van der Waals surface area contributed by atoms with E-state index in [1.165, 1.54) is 36.4 Å². The zero-order valence-corrected chi connectivity index (χ0v) is 23.2. The third-order valence-electron chi connectivity index (χ3n) is 6.22. The SMILES string of the molecule is NC(=O)[C@@H](c1ccccc1)N(C(Cc1ccccc1)CS(=O)(=O)c1ccccc1)S(=O)(=O)c1ccc(Cl)cc1. The van der Waals surface area contributed by atoms with Crippen molar-refractivity contribution >= 4 is 37.4 Å².